The number of amides is 1. The van der Waals surface area contributed by atoms with Gasteiger partial charge < -0.3 is 24.4 Å². The van der Waals surface area contributed by atoms with Crippen molar-refractivity contribution in [2.75, 3.05) is 56.0 Å². The molecule has 156 valence electrons. The predicted octanol–water partition coefficient (Wildman–Crippen LogP) is 3.69. The van der Waals surface area contributed by atoms with Gasteiger partial charge in [-0.1, -0.05) is 0 Å². The van der Waals surface area contributed by atoms with E-state index in [0.29, 0.717) is 54.2 Å². The molecule has 1 N–H and O–H groups in total. The summed E-state index contributed by atoms with van der Waals surface area (Å²) in [4.78, 5) is 19.4. The fourth-order valence-electron chi connectivity index (χ4n) is 3.16. The Morgan fingerprint density at radius 1 is 1.21 bits per heavy atom. The maximum Gasteiger partial charge on any atom is 0.258 e. The van der Waals surface area contributed by atoms with E-state index in [2.05, 4.69) is 15.2 Å². The largest absolute Gasteiger partial charge is 0.492 e. The maximum absolute atomic E-state index is 12.9. The minimum Gasteiger partial charge on any atom is -0.492 e. The first kappa shape index (κ1) is 21.3. The summed E-state index contributed by atoms with van der Waals surface area (Å²) in [6, 6.07) is 7.30. The number of nitrogens with one attached hydrogen (secondary N) is 1. The van der Waals surface area contributed by atoms with Gasteiger partial charge in [-0.3, -0.25) is 4.79 Å². The molecule has 1 aliphatic heterocycles. The number of rotatable bonds is 8. The lowest BCUT2D eigenvalue weighted by atomic mass is 10.2. The Kier molecular flexibility index (Phi) is 7.60. The van der Waals surface area contributed by atoms with Crippen LogP contribution in [-0.4, -0.2) is 56.7 Å². The first-order valence-electron chi connectivity index (χ1n) is 9.74. The summed E-state index contributed by atoms with van der Waals surface area (Å²) in [6.07, 6.45) is 3.58. The second kappa shape index (κ2) is 10.4. The van der Waals surface area contributed by atoms with Gasteiger partial charge in [0.1, 0.15) is 16.5 Å². The molecule has 1 aromatic heterocycles. The van der Waals surface area contributed by atoms with Gasteiger partial charge >= 0.3 is 0 Å². The van der Waals surface area contributed by atoms with Gasteiger partial charge in [-0.15, -0.1) is 11.8 Å². The van der Waals surface area contributed by atoms with Gasteiger partial charge in [0.05, 0.1) is 43.4 Å². The van der Waals surface area contributed by atoms with E-state index in [-0.39, 0.29) is 5.91 Å². The molecule has 8 heteroatoms. The minimum absolute atomic E-state index is 0.232. The van der Waals surface area contributed by atoms with Gasteiger partial charge in [-0.05, 0) is 32.2 Å². The molecule has 0 spiro atoms. The summed E-state index contributed by atoms with van der Waals surface area (Å²) in [5.41, 5.74) is 2.05. The number of carbonyl (C=O) groups excluding carboxylic acids is 1. The van der Waals surface area contributed by atoms with Gasteiger partial charge in [-0.2, -0.15) is 0 Å². The van der Waals surface area contributed by atoms with Crippen LogP contribution >= 0.6 is 11.8 Å². The van der Waals surface area contributed by atoms with Crippen LogP contribution in [-0.2, 0) is 4.74 Å². The molecule has 0 bridgehead atoms. The third-order valence-corrected chi connectivity index (χ3v) is 5.18. The Bertz CT molecular complexity index is 841. The van der Waals surface area contributed by atoms with E-state index >= 15 is 0 Å². The monoisotopic (exact) mass is 417 g/mol. The molecule has 0 aliphatic carbocycles. The zero-order valence-electron chi connectivity index (χ0n) is 17.1. The molecule has 2 aromatic rings. The molecule has 0 unspecified atom stereocenters. The summed E-state index contributed by atoms with van der Waals surface area (Å²) in [5.74, 6) is 1.09. The van der Waals surface area contributed by atoms with E-state index in [1.54, 1.807) is 18.3 Å². The molecular formula is C21H27N3O4S. The Morgan fingerprint density at radius 3 is 2.62 bits per heavy atom. The first-order chi connectivity index (χ1) is 14.2. The van der Waals surface area contributed by atoms with Gasteiger partial charge in [0.15, 0.2) is 0 Å². The van der Waals surface area contributed by atoms with Crippen molar-refractivity contribution < 1.29 is 19.0 Å². The second-order valence-electron chi connectivity index (χ2n) is 6.30. The van der Waals surface area contributed by atoms with E-state index < -0.39 is 0 Å². The number of hydrogen-bond acceptors (Lipinski definition) is 7. The number of pyridine rings is 1. The number of benzene rings is 1. The summed E-state index contributed by atoms with van der Waals surface area (Å²) in [6.45, 7) is 7.79. The van der Waals surface area contributed by atoms with Crippen LogP contribution in [0.4, 0.5) is 11.4 Å². The normalized spacial score (nSPS) is 13.8. The van der Waals surface area contributed by atoms with Crippen molar-refractivity contribution in [2.45, 2.75) is 18.9 Å². The number of hydrogen-bond donors (Lipinski definition) is 1. The minimum atomic E-state index is -0.232. The topological polar surface area (TPSA) is 72.9 Å². The standard InChI is InChI=1S/C21H27N3O4S/c1-4-27-18-14-17(24-9-11-26-12-10-24)19(28-5-2)13-16(18)23-20(25)15-7-6-8-22-21(15)29-3/h6-8,13-14H,4-5,9-12H2,1-3H3,(H,23,25). The zero-order chi connectivity index (χ0) is 20.6. The smallest absolute Gasteiger partial charge is 0.258 e. The summed E-state index contributed by atoms with van der Waals surface area (Å²) < 4.78 is 17.2. The molecule has 0 atom stereocenters. The van der Waals surface area contributed by atoms with Crippen LogP contribution in [0.2, 0.25) is 0 Å². The Morgan fingerprint density at radius 2 is 1.93 bits per heavy atom. The van der Waals surface area contributed by atoms with Crippen molar-refractivity contribution in [3.8, 4) is 11.5 Å². The maximum atomic E-state index is 12.9. The van der Waals surface area contributed by atoms with Crippen molar-refractivity contribution in [2.24, 2.45) is 0 Å². The highest BCUT2D eigenvalue weighted by Crippen LogP contribution is 2.39. The Labute approximate surface area is 175 Å². The lowest BCUT2D eigenvalue weighted by Crippen LogP contribution is -2.36. The summed E-state index contributed by atoms with van der Waals surface area (Å²) in [5, 5.41) is 3.65. The highest BCUT2D eigenvalue weighted by atomic mass is 32.2. The van der Waals surface area contributed by atoms with Crippen molar-refractivity contribution >= 4 is 29.0 Å². The SMILES string of the molecule is CCOc1cc(N2CCOCC2)c(OCC)cc1NC(=O)c1cccnc1SC. The lowest BCUT2D eigenvalue weighted by molar-refractivity contribution is 0.102. The number of aromatic nitrogens is 1. The van der Waals surface area contributed by atoms with Gasteiger partial charge in [0, 0.05) is 31.4 Å². The van der Waals surface area contributed by atoms with Crippen molar-refractivity contribution in [3.63, 3.8) is 0 Å². The van der Waals surface area contributed by atoms with Crippen LogP contribution in [0.3, 0.4) is 0 Å². The molecule has 0 radical (unpaired) electrons. The molecule has 1 saturated heterocycles. The van der Waals surface area contributed by atoms with Crippen LogP contribution in [0.5, 0.6) is 11.5 Å². The quantitative estimate of drug-likeness (QED) is 0.657. The molecule has 29 heavy (non-hydrogen) atoms. The highest BCUT2D eigenvalue weighted by molar-refractivity contribution is 7.98. The van der Waals surface area contributed by atoms with E-state index in [4.69, 9.17) is 14.2 Å². The molecule has 1 amide bonds. The number of ether oxygens (including phenoxy) is 3. The Hall–Kier alpha value is -2.45. The van der Waals surface area contributed by atoms with Crippen LogP contribution in [0.1, 0.15) is 24.2 Å². The van der Waals surface area contributed by atoms with Gasteiger partial charge in [-0.25, -0.2) is 4.98 Å². The molecule has 1 fully saturated rings. The third-order valence-electron chi connectivity index (χ3n) is 4.47. The first-order valence-corrected chi connectivity index (χ1v) is 11.0. The molecule has 1 aromatic carbocycles. The van der Waals surface area contributed by atoms with Crippen LogP contribution in [0.25, 0.3) is 0 Å². The second-order valence-corrected chi connectivity index (χ2v) is 7.09. The third kappa shape index (κ3) is 5.13. The van der Waals surface area contributed by atoms with Gasteiger partial charge in [0.2, 0.25) is 0 Å². The van der Waals surface area contributed by atoms with Gasteiger partial charge in [0.25, 0.3) is 5.91 Å². The lowest BCUT2D eigenvalue weighted by Gasteiger charge is -2.31. The fourth-order valence-corrected chi connectivity index (χ4v) is 3.71. The molecule has 0 saturated carbocycles. The Balaban J connectivity index is 1.96. The van der Waals surface area contributed by atoms with E-state index in [1.807, 2.05) is 32.2 Å². The fraction of sp³-hybridized carbons (Fsp3) is 0.429. The summed E-state index contributed by atoms with van der Waals surface area (Å²) >= 11 is 1.43. The summed E-state index contributed by atoms with van der Waals surface area (Å²) in [7, 11) is 0. The molecule has 2 heterocycles. The number of carbonyl (C=O) groups is 1. The van der Waals surface area contributed by atoms with Crippen LogP contribution in [0, 0.1) is 0 Å². The van der Waals surface area contributed by atoms with Crippen molar-refractivity contribution in [1.29, 1.82) is 0 Å². The number of thioether (sulfide) groups is 1. The van der Waals surface area contributed by atoms with E-state index in [0.717, 1.165) is 18.8 Å². The highest BCUT2D eigenvalue weighted by Gasteiger charge is 2.21. The molecular weight excluding hydrogens is 390 g/mol. The molecule has 3 rings (SSSR count). The molecule has 7 nitrogen and oxygen atoms in total. The molecule has 1 aliphatic rings. The average molecular weight is 418 g/mol. The number of nitrogens with zero attached hydrogens (tertiary/aromatic N) is 2. The van der Waals surface area contributed by atoms with Crippen molar-refractivity contribution in [1.82, 2.24) is 4.98 Å². The number of morpholine rings is 1. The van der Waals surface area contributed by atoms with Crippen LogP contribution in [0.15, 0.2) is 35.5 Å². The van der Waals surface area contributed by atoms with Crippen LogP contribution < -0.4 is 19.7 Å². The zero-order valence-corrected chi connectivity index (χ0v) is 17.9. The van der Waals surface area contributed by atoms with E-state index in [1.165, 1.54) is 11.8 Å². The average Bonchev–Trinajstić information content (AvgIpc) is 2.76. The van der Waals surface area contributed by atoms with E-state index in [9.17, 15) is 4.79 Å². The predicted molar refractivity (Wildman–Crippen MR) is 116 cm³/mol. The van der Waals surface area contributed by atoms with Crippen molar-refractivity contribution in [3.05, 3.63) is 36.0 Å². The number of anilines is 2.